The quantitative estimate of drug-likeness (QED) is 0.575. The van der Waals surface area contributed by atoms with E-state index in [1.165, 1.54) is 6.20 Å². The summed E-state index contributed by atoms with van der Waals surface area (Å²) in [6.07, 6.45) is 2.67. The summed E-state index contributed by atoms with van der Waals surface area (Å²) < 4.78 is 6.08. The molecule has 1 aromatic heterocycles. The molecule has 0 bridgehead atoms. The Labute approximate surface area is 174 Å². The highest BCUT2D eigenvalue weighted by molar-refractivity contribution is 6.31. The Morgan fingerprint density at radius 1 is 1.28 bits per heavy atom. The number of fused-ring (bicyclic) bond motifs is 1. The maximum absolute atomic E-state index is 12.4. The van der Waals surface area contributed by atoms with Gasteiger partial charge in [0.1, 0.15) is 5.60 Å². The molecule has 1 atom stereocenters. The smallest absolute Gasteiger partial charge is 0.407 e. The van der Waals surface area contributed by atoms with Gasteiger partial charge >= 0.3 is 6.09 Å². The minimum absolute atomic E-state index is 0.181. The molecule has 7 heteroatoms. The van der Waals surface area contributed by atoms with Crippen molar-refractivity contribution in [2.45, 2.75) is 32.4 Å². The zero-order valence-corrected chi connectivity index (χ0v) is 17.3. The van der Waals surface area contributed by atoms with Gasteiger partial charge in [-0.05, 0) is 38.5 Å². The standard InChI is InChI=1S/C22H23ClN3O3/c1-22(2,3)29-21(27)25-13-19(24-12-15-7-5-4-6-8-15)18-14-26(28)20-11-16(23)9-10-17(18)20/h4-12,14,19H,13H2,1-3H3,(H,25,27)/q-1. The van der Waals surface area contributed by atoms with Crippen LogP contribution in [0.15, 0.2) is 59.7 Å². The minimum Gasteiger partial charge on any atom is -0.806 e. The van der Waals surface area contributed by atoms with Gasteiger partial charge in [0.2, 0.25) is 0 Å². The highest BCUT2D eigenvalue weighted by atomic mass is 35.5. The Bertz CT molecular complexity index is 1020. The van der Waals surface area contributed by atoms with Gasteiger partial charge in [-0.1, -0.05) is 48.0 Å². The molecule has 1 amide bonds. The number of alkyl carbamates (subject to hydrolysis) is 1. The number of amides is 1. The molecule has 0 aliphatic carbocycles. The van der Waals surface area contributed by atoms with Gasteiger partial charge in [-0.15, -0.1) is 0 Å². The van der Waals surface area contributed by atoms with Crippen molar-refractivity contribution >= 4 is 34.8 Å². The number of halogens is 1. The third kappa shape index (κ3) is 5.51. The van der Waals surface area contributed by atoms with Crippen molar-refractivity contribution in [3.05, 3.63) is 76.1 Å². The Hall–Kier alpha value is -2.99. The van der Waals surface area contributed by atoms with Crippen LogP contribution in [0, 0.1) is 5.21 Å². The van der Waals surface area contributed by atoms with Crippen LogP contribution >= 0.6 is 11.6 Å². The Morgan fingerprint density at radius 3 is 2.69 bits per heavy atom. The summed E-state index contributed by atoms with van der Waals surface area (Å²) in [5.41, 5.74) is 1.48. The summed E-state index contributed by atoms with van der Waals surface area (Å²) in [5, 5.41) is 16.3. The molecule has 3 aromatic rings. The van der Waals surface area contributed by atoms with Crippen LogP contribution in [0.2, 0.25) is 5.02 Å². The number of aliphatic imine (C=N–C) groups is 1. The summed E-state index contributed by atoms with van der Waals surface area (Å²) in [5.74, 6) is 0. The van der Waals surface area contributed by atoms with E-state index in [9.17, 15) is 10.0 Å². The second kappa shape index (κ2) is 8.57. The Morgan fingerprint density at radius 2 is 2.00 bits per heavy atom. The number of rotatable bonds is 5. The number of nitrogens with one attached hydrogen (secondary N) is 1. The second-order valence-corrected chi connectivity index (χ2v) is 8.10. The molecule has 1 unspecified atom stereocenters. The van der Waals surface area contributed by atoms with E-state index in [2.05, 4.69) is 10.3 Å². The average Bonchev–Trinajstić information content (AvgIpc) is 2.97. The van der Waals surface area contributed by atoms with Gasteiger partial charge in [0, 0.05) is 40.4 Å². The molecule has 0 aliphatic rings. The lowest BCUT2D eigenvalue weighted by Crippen LogP contribution is -2.34. The number of nitrogens with zero attached hydrogens (tertiary/aromatic N) is 2. The largest absolute Gasteiger partial charge is 0.806 e. The highest BCUT2D eigenvalue weighted by Gasteiger charge is 2.20. The van der Waals surface area contributed by atoms with Gasteiger partial charge < -0.3 is 20.0 Å². The van der Waals surface area contributed by atoms with Crippen molar-refractivity contribution in [2.24, 2.45) is 4.99 Å². The first-order valence-electron chi connectivity index (χ1n) is 9.26. The Balaban J connectivity index is 1.90. The molecule has 3 rings (SSSR count). The van der Waals surface area contributed by atoms with E-state index in [1.807, 2.05) is 30.3 Å². The van der Waals surface area contributed by atoms with Crippen molar-refractivity contribution in [1.82, 2.24) is 10.0 Å². The summed E-state index contributed by atoms with van der Waals surface area (Å²) in [6.45, 7) is 5.57. The van der Waals surface area contributed by atoms with Gasteiger partial charge in [-0.2, -0.15) is 0 Å². The van der Waals surface area contributed by atoms with E-state index < -0.39 is 17.7 Å². The summed E-state index contributed by atoms with van der Waals surface area (Å²) in [7, 11) is 0. The lowest BCUT2D eigenvalue weighted by atomic mass is 10.1. The number of ether oxygens (including phenoxy) is 1. The van der Waals surface area contributed by atoms with Crippen LogP contribution in [0.4, 0.5) is 4.79 Å². The van der Waals surface area contributed by atoms with Crippen LogP contribution < -0.4 is 5.32 Å². The van der Waals surface area contributed by atoms with Gasteiger partial charge in [-0.25, -0.2) is 4.79 Å². The van der Waals surface area contributed by atoms with Gasteiger partial charge in [0.15, 0.2) is 0 Å². The maximum atomic E-state index is 12.4. The summed E-state index contributed by atoms with van der Waals surface area (Å²) in [4.78, 5) is 16.8. The number of aromatic nitrogens is 1. The molecule has 6 nitrogen and oxygen atoms in total. The SMILES string of the molecule is CC(C)(C)OC(=O)NCC(N=Cc1ccccc1)c1cn([O-])c2cc(Cl)ccc12. The van der Waals surface area contributed by atoms with Gasteiger partial charge in [-0.3, -0.25) is 4.99 Å². The van der Waals surface area contributed by atoms with Crippen molar-refractivity contribution in [1.29, 1.82) is 0 Å². The van der Waals surface area contributed by atoms with Crippen molar-refractivity contribution < 1.29 is 9.53 Å². The molecule has 0 saturated heterocycles. The van der Waals surface area contributed by atoms with Crippen LogP contribution in [-0.2, 0) is 4.74 Å². The van der Waals surface area contributed by atoms with Gasteiger partial charge in [0.25, 0.3) is 0 Å². The summed E-state index contributed by atoms with van der Waals surface area (Å²) >= 11 is 6.03. The molecular formula is C22H23ClN3O3-. The molecule has 1 N–H and O–H groups in total. The first-order valence-corrected chi connectivity index (χ1v) is 9.64. The Kier molecular flexibility index (Phi) is 6.13. The molecule has 152 valence electrons. The molecule has 0 spiro atoms. The first-order chi connectivity index (χ1) is 13.7. The molecule has 2 aromatic carbocycles. The zero-order chi connectivity index (χ0) is 21.0. The monoisotopic (exact) mass is 412 g/mol. The fourth-order valence-corrected chi connectivity index (χ4v) is 3.08. The van der Waals surface area contributed by atoms with E-state index in [1.54, 1.807) is 45.2 Å². The lowest BCUT2D eigenvalue weighted by Gasteiger charge is -2.21. The van der Waals surface area contributed by atoms with Crippen molar-refractivity contribution in [2.75, 3.05) is 6.54 Å². The number of hydrogen-bond donors (Lipinski definition) is 1. The maximum Gasteiger partial charge on any atom is 0.407 e. The average molecular weight is 413 g/mol. The normalized spacial score (nSPS) is 13.0. The number of carbonyl (C=O) groups is 1. The van der Waals surface area contributed by atoms with Crippen LogP contribution in [0.25, 0.3) is 10.9 Å². The molecule has 0 aliphatic heterocycles. The lowest BCUT2D eigenvalue weighted by molar-refractivity contribution is 0.0525. The zero-order valence-electron chi connectivity index (χ0n) is 16.6. The first kappa shape index (κ1) is 20.7. The predicted octanol–water partition coefficient (Wildman–Crippen LogP) is 5.33. The van der Waals surface area contributed by atoms with Crippen molar-refractivity contribution in [3.63, 3.8) is 0 Å². The van der Waals surface area contributed by atoms with Crippen LogP contribution in [0.5, 0.6) is 0 Å². The topological polar surface area (TPSA) is 78.7 Å². The van der Waals surface area contributed by atoms with E-state index in [0.717, 1.165) is 15.7 Å². The third-order valence-corrected chi connectivity index (χ3v) is 4.40. The molecule has 29 heavy (non-hydrogen) atoms. The number of carbonyl (C=O) groups excluding carboxylic acids is 1. The number of benzene rings is 2. The molecule has 0 radical (unpaired) electrons. The second-order valence-electron chi connectivity index (χ2n) is 7.66. The molecule has 1 heterocycles. The third-order valence-electron chi connectivity index (χ3n) is 4.17. The fourth-order valence-electron chi connectivity index (χ4n) is 2.91. The van der Waals surface area contributed by atoms with Crippen LogP contribution in [0.3, 0.4) is 0 Å². The van der Waals surface area contributed by atoms with E-state index >= 15 is 0 Å². The minimum atomic E-state index is -0.603. The molecule has 0 saturated carbocycles. The van der Waals surface area contributed by atoms with Crippen LogP contribution in [0.1, 0.15) is 37.9 Å². The fraction of sp³-hybridized carbons (Fsp3) is 0.273. The number of hydrogen-bond acceptors (Lipinski definition) is 4. The summed E-state index contributed by atoms with van der Waals surface area (Å²) in [6, 6.07) is 14.3. The van der Waals surface area contributed by atoms with Crippen LogP contribution in [-0.4, -0.2) is 29.2 Å². The molecular weight excluding hydrogens is 390 g/mol. The van der Waals surface area contributed by atoms with E-state index in [4.69, 9.17) is 16.3 Å². The predicted molar refractivity (Wildman–Crippen MR) is 117 cm³/mol. The highest BCUT2D eigenvalue weighted by Crippen LogP contribution is 2.30. The van der Waals surface area contributed by atoms with E-state index in [-0.39, 0.29) is 6.54 Å². The van der Waals surface area contributed by atoms with E-state index in [0.29, 0.717) is 16.1 Å². The van der Waals surface area contributed by atoms with Gasteiger partial charge in [0.05, 0.1) is 6.04 Å². The van der Waals surface area contributed by atoms with Crippen molar-refractivity contribution in [3.8, 4) is 0 Å². The molecule has 0 fully saturated rings.